The molecule has 4 aliphatic rings. The van der Waals surface area contributed by atoms with E-state index in [0.717, 1.165) is 37.5 Å². The molecule has 2 fully saturated rings. The first-order valence-electron chi connectivity index (χ1n) is 11.7. The lowest BCUT2D eigenvalue weighted by Gasteiger charge is -2.47. The van der Waals surface area contributed by atoms with E-state index in [2.05, 4.69) is 57.6 Å². The van der Waals surface area contributed by atoms with E-state index in [0.29, 0.717) is 12.7 Å². The fourth-order valence-electron chi connectivity index (χ4n) is 6.74. The van der Waals surface area contributed by atoms with Crippen molar-refractivity contribution >= 4 is 11.6 Å². The Bertz CT molecular complexity index is 948. The summed E-state index contributed by atoms with van der Waals surface area (Å²) in [4.78, 5) is 18.0. The Labute approximate surface area is 179 Å². The van der Waals surface area contributed by atoms with Crippen LogP contribution in [0.4, 0.5) is 5.69 Å². The quantitative estimate of drug-likeness (QED) is 0.812. The number of aryl methyl sites for hydroxylation is 1. The van der Waals surface area contributed by atoms with Gasteiger partial charge >= 0.3 is 0 Å². The maximum Gasteiger partial charge on any atom is 0.247 e. The van der Waals surface area contributed by atoms with Crippen LogP contribution in [-0.4, -0.2) is 36.1 Å². The van der Waals surface area contributed by atoms with E-state index in [1.165, 1.54) is 32.1 Å². The van der Waals surface area contributed by atoms with Crippen molar-refractivity contribution in [3.05, 3.63) is 65.2 Å². The van der Waals surface area contributed by atoms with E-state index in [4.69, 9.17) is 0 Å². The van der Waals surface area contributed by atoms with Crippen molar-refractivity contribution in [2.75, 3.05) is 24.7 Å². The molecule has 2 aromatic carbocycles. The Kier molecular flexibility index (Phi) is 4.38. The molecule has 1 N–H and O–H groups in total. The van der Waals surface area contributed by atoms with E-state index >= 15 is 0 Å². The molecule has 2 aliphatic carbocycles. The Balaban J connectivity index is 1.26. The second kappa shape index (κ2) is 7.12. The van der Waals surface area contributed by atoms with Gasteiger partial charge in [0.25, 0.3) is 0 Å². The second-order valence-corrected chi connectivity index (χ2v) is 9.60. The summed E-state index contributed by atoms with van der Waals surface area (Å²) < 4.78 is 0. The van der Waals surface area contributed by atoms with Gasteiger partial charge in [-0.25, -0.2) is 0 Å². The highest BCUT2D eigenvalue weighted by Crippen LogP contribution is 2.48. The third kappa shape index (κ3) is 2.73. The average molecular weight is 402 g/mol. The summed E-state index contributed by atoms with van der Waals surface area (Å²) in [6.45, 7) is 2.62. The molecule has 2 heterocycles. The van der Waals surface area contributed by atoms with E-state index in [1.54, 1.807) is 16.7 Å². The predicted molar refractivity (Wildman–Crippen MR) is 120 cm³/mol. The molecule has 2 atom stereocenters. The number of nitrogens with zero attached hydrogens (tertiary/aromatic N) is 2. The van der Waals surface area contributed by atoms with Crippen molar-refractivity contribution in [3.63, 3.8) is 0 Å². The van der Waals surface area contributed by atoms with Crippen LogP contribution in [0.5, 0.6) is 0 Å². The van der Waals surface area contributed by atoms with Crippen molar-refractivity contribution in [2.45, 2.75) is 62.4 Å². The number of piperidine rings is 1. The minimum absolute atomic E-state index is 0.215. The lowest BCUT2D eigenvalue weighted by molar-refractivity contribution is -0.125. The molecule has 156 valence electrons. The van der Waals surface area contributed by atoms with Crippen molar-refractivity contribution in [1.82, 2.24) is 10.2 Å². The number of hydrogen-bond acceptors (Lipinski definition) is 3. The highest BCUT2D eigenvalue weighted by atomic mass is 16.2. The minimum atomic E-state index is -0.384. The zero-order valence-corrected chi connectivity index (χ0v) is 17.6. The molecule has 4 nitrogen and oxygen atoms in total. The van der Waals surface area contributed by atoms with Crippen LogP contribution < -0.4 is 10.2 Å². The summed E-state index contributed by atoms with van der Waals surface area (Å²) in [6.07, 6.45) is 8.37. The van der Waals surface area contributed by atoms with Gasteiger partial charge in [-0.05, 0) is 79.7 Å². The molecule has 0 radical (unpaired) electrons. The number of rotatable bonds is 2. The molecule has 1 amide bonds. The van der Waals surface area contributed by atoms with Gasteiger partial charge in [-0.3, -0.25) is 9.69 Å². The number of likely N-dealkylation sites (tertiary alicyclic amines) is 1. The minimum Gasteiger partial charge on any atom is -0.339 e. The predicted octanol–water partition coefficient (Wildman–Crippen LogP) is 4.37. The summed E-state index contributed by atoms with van der Waals surface area (Å²) in [5.74, 6) is 0.998. The van der Waals surface area contributed by atoms with Crippen LogP contribution in [0.2, 0.25) is 0 Å². The number of amides is 1. The maximum absolute atomic E-state index is 13.0. The van der Waals surface area contributed by atoms with E-state index < -0.39 is 0 Å². The van der Waals surface area contributed by atoms with E-state index in [1.807, 2.05) is 6.07 Å². The maximum atomic E-state index is 13.0. The molecule has 2 aliphatic heterocycles. The lowest BCUT2D eigenvalue weighted by Crippen LogP contribution is -2.57. The van der Waals surface area contributed by atoms with Gasteiger partial charge in [-0.1, -0.05) is 36.4 Å². The number of carbonyl (C=O) groups excluding carboxylic acids is 1. The molecular formula is C26H31N3O. The molecule has 1 spiro atoms. The molecule has 6 rings (SSSR count). The van der Waals surface area contributed by atoms with Gasteiger partial charge in [0.2, 0.25) is 5.91 Å². The lowest BCUT2D eigenvalue weighted by atomic mass is 9.71. The van der Waals surface area contributed by atoms with Gasteiger partial charge in [0.15, 0.2) is 0 Å². The molecule has 0 aromatic heterocycles. The zero-order valence-electron chi connectivity index (χ0n) is 17.6. The fourth-order valence-corrected chi connectivity index (χ4v) is 6.74. The highest BCUT2D eigenvalue weighted by Gasteiger charge is 2.51. The van der Waals surface area contributed by atoms with Crippen LogP contribution >= 0.6 is 0 Å². The number of hydrogen-bond donors (Lipinski definition) is 1. The largest absolute Gasteiger partial charge is 0.339 e. The summed E-state index contributed by atoms with van der Waals surface area (Å²) in [5.41, 5.74) is 5.65. The first kappa shape index (κ1) is 18.4. The summed E-state index contributed by atoms with van der Waals surface area (Å²) in [6, 6.07) is 18.0. The summed E-state index contributed by atoms with van der Waals surface area (Å²) >= 11 is 0. The topological polar surface area (TPSA) is 35.6 Å². The van der Waals surface area contributed by atoms with Crippen molar-refractivity contribution < 1.29 is 4.79 Å². The van der Waals surface area contributed by atoms with E-state index in [-0.39, 0.29) is 11.4 Å². The summed E-state index contributed by atoms with van der Waals surface area (Å²) in [5, 5.41) is 3.14. The molecule has 0 unspecified atom stereocenters. The number of benzene rings is 2. The smallest absolute Gasteiger partial charge is 0.247 e. The van der Waals surface area contributed by atoms with Gasteiger partial charge in [0, 0.05) is 24.8 Å². The molecule has 2 saturated heterocycles. The normalized spacial score (nSPS) is 27.7. The van der Waals surface area contributed by atoms with Crippen LogP contribution in [-0.2, 0) is 11.2 Å². The monoisotopic (exact) mass is 401 g/mol. The third-order valence-corrected chi connectivity index (χ3v) is 8.26. The van der Waals surface area contributed by atoms with Gasteiger partial charge < -0.3 is 10.2 Å². The SMILES string of the molecule is O=C1NCN(c2ccccc2)C12CCN([C@H]1CC[C@H]3CCCc4cccc1c43)CC2. The van der Waals surface area contributed by atoms with Crippen LogP contribution in [0.1, 0.15) is 67.2 Å². The number of carbonyl (C=O) groups is 1. The Morgan fingerprint density at radius 3 is 2.60 bits per heavy atom. The molecule has 30 heavy (non-hydrogen) atoms. The first-order valence-corrected chi connectivity index (χ1v) is 11.7. The average Bonchev–Trinajstić information content (AvgIpc) is 3.11. The number of nitrogens with one attached hydrogen (secondary N) is 1. The van der Waals surface area contributed by atoms with Crippen LogP contribution in [0, 0.1) is 0 Å². The van der Waals surface area contributed by atoms with Crippen molar-refractivity contribution in [2.24, 2.45) is 0 Å². The Morgan fingerprint density at radius 2 is 1.77 bits per heavy atom. The number of anilines is 1. The van der Waals surface area contributed by atoms with Gasteiger partial charge in [0.05, 0.1) is 6.67 Å². The van der Waals surface area contributed by atoms with Gasteiger partial charge in [-0.15, -0.1) is 0 Å². The van der Waals surface area contributed by atoms with Crippen LogP contribution in [0.15, 0.2) is 48.5 Å². The second-order valence-electron chi connectivity index (χ2n) is 9.60. The van der Waals surface area contributed by atoms with Gasteiger partial charge in [0.1, 0.15) is 5.54 Å². The standard InChI is InChI=1S/C26H31N3O/c30-25-26(29(18-27-25)21-9-2-1-3-10-21)14-16-28(17-15-26)23-13-12-20-7-4-6-19-8-5-11-22(23)24(19)20/h1-3,5,8-11,20,23H,4,6-7,12-18H2,(H,27,30)/t20-,23+/m1/s1. The molecule has 0 saturated carbocycles. The Morgan fingerprint density at radius 1 is 0.933 bits per heavy atom. The molecular weight excluding hydrogens is 370 g/mol. The Hall–Kier alpha value is -2.33. The number of para-hydroxylation sites is 1. The molecule has 0 bridgehead atoms. The van der Waals surface area contributed by atoms with Crippen molar-refractivity contribution in [1.29, 1.82) is 0 Å². The van der Waals surface area contributed by atoms with Crippen molar-refractivity contribution in [3.8, 4) is 0 Å². The highest BCUT2D eigenvalue weighted by molar-refractivity contribution is 5.93. The molecule has 2 aromatic rings. The molecule has 4 heteroatoms. The van der Waals surface area contributed by atoms with Crippen LogP contribution in [0.25, 0.3) is 0 Å². The van der Waals surface area contributed by atoms with Crippen LogP contribution in [0.3, 0.4) is 0 Å². The first-order chi connectivity index (χ1) is 14.8. The third-order valence-electron chi connectivity index (χ3n) is 8.26. The van der Waals surface area contributed by atoms with Gasteiger partial charge in [-0.2, -0.15) is 0 Å². The summed E-state index contributed by atoms with van der Waals surface area (Å²) in [7, 11) is 0. The zero-order chi connectivity index (χ0) is 20.1. The van der Waals surface area contributed by atoms with E-state index in [9.17, 15) is 4.79 Å². The fraction of sp³-hybridized carbons (Fsp3) is 0.500.